The SMILES string of the molecule is CCC1CCCN1c1ccncc1CNCC(C)C. The average molecular weight is 261 g/mol. The predicted octanol–water partition coefficient (Wildman–Crippen LogP) is 3.21. The molecule has 0 saturated carbocycles. The maximum Gasteiger partial charge on any atom is 0.0445 e. The second-order valence-electron chi connectivity index (χ2n) is 5.93. The zero-order valence-electron chi connectivity index (χ0n) is 12.5. The molecule has 0 aromatic carbocycles. The van der Waals surface area contributed by atoms with Crippen LogP contribution in [0.2, 0.25) is 0 Å². The van der Waals surface area contributed by atoms with Crippen molar-refractivity contribution >= 4 is 5.69 Å². The first-order chi connectivity index (χ1) is 9.22. The molecule has 3 heteroatoms. The molecule has 1 atom stereocenters. The van der Waals surface area contributed by atoms with Gasteiger partial charge in [-0.1, -0.05) is 20.8 Å². The van der Waals surface area contributed by atoms with E-state index in [1.54, 1.807) is 0 Å². The van der Waals surface area contributed by atoms with Crippen molar-refractivity contribution in [1.29, 1.82) is 0 Å². The van der Waals surface area contributed by atoms with Crippen molar-refractivity contribution in [3.05, 3.63) is 24.0 Å². The molecule has 1 unspecified atom stereocenters. The first-order valence-electron chi connectivity index (χ1n) is 7.62. The van der Waals surface area contributed by atoms with E-state index >= 15 is 0 Å². The molecule has 0 bridgehead atoms. The molecule has 1 aromatic heterocycles. The zero-order chi connectivity index (χ0) is 13.7. The minimum Gasteiger partial charge on any atom is -0.368 e. The average Bonchev–Trinajstić information content (AvgIpc) is 2.87. The molecule has 0 aliphatic carbocycles. The van der Waals surface area contributed by atoms with Gasteiger partial charge in [-0.25, -0.2) is 0 Å². The van der Waals surface area contributed by atoms with E-state index in [0.29, 0.717) is 12.0 Å². The molecule has 2 rings (SSSR count). The Morgan fingerprint density at radius 1 is 1.47 bits per heavy atom. The number of nitrogens with one attached hydrogen (secondary N) is 1. The molecule has 19 heavy (non-hydrogen) atoms. The third-order valence-electron chi connectivity index (χ3n) is 3.90. The van der Waals surface area contributed by atoms with Crippen LogP contribution in [0.4, 0.5) is 5.69 Å². The minimum atomic E-state index is 0.690. The fourth-order valence-corrected chi connectivity index (χ4v) is 2.91. The Morgan fingerprint density at radius 3 is 3.05 bits per heavy atom. The molecular weight excluding hydrogens is 234 g/mol. The van der Waals surface area contributed by atoms with E-state index in [2.05, 4.69) is 42.0 Å². The largest absolute Gasteiger partial charge is 0.368 e. The summed E-state index contributed by atoms with van der Waals surface area (Å²) in [4.78, 5) is 6.88. The Morgan fingerprint density at radius 2 is 2.32 bits per heavy atom. The number of hydrogen-bond donors (Lipinski definition) is 1. The van der Waals surface area contributed by atoms with Gasteiger partial charge in [0, 0.05) is 42.8 Å². The zero-order valence-corrected chi connectivity index (χ0v) is 12.5. The van der Waals surface area contributed by atoms with Crippen LogP contribution in [0.15, 0.2) is 18.5 Å². The number of aromatic nitrogens is 1. The van der Waals surface area contributed by atoms with Crippen LogP contribution >= 0.6 is 0 Å². The topological polar surface area (TPSA) is 28.2 Å². The first-order valence-corrected chi connectivity index (χ1v) is 7.62. The molecule has 3 nitrogen and oxygen atoms in total. The molecule has 0 amide bonds. The number of nitrogens with zero attached hydrogens (tertiary/aromatic N) is 2. The van der Waals surface area contributed by atoms with Crippen molar-refractivity contribution in [1.82, 2.24) is 10.3 Å². The smallest absolute Gasteiger partial charge is 0.0445 e. The van der Waals surface area contributed by atoms with Gasteiger partial charge in [-0.3, -0.25) is 4.98 Å². The lowest BCUT2D eigenvalue weighted by atomic mass is 10.1. The van der Waals surface area contributed by atoms with Gasteiger partial charge in [0.25, 0.3) is 0 Å². The lowest BCUT2D eigenvalue weighted by molar-refractivity contribution is 0.550. The van der Waals surface area contributed by atoms with Crippen molar-refractivity contribution in [3.63, 3.8) is 0 Å². The van der Waals surface area contributed by atoms with Gasteiger partial charge >= 0.3 is 0 Å². The fourth-order valence-electron chi connectivity index (χ4n) is 2.91. The van der Waals surface area contributed by atoms with Crippen LogP contribution in [0.5, 0.6) is 0 Å². The third-order valence-corrected chi connectivity index (χ3v) is 3.90. The molecule has 1 N–H and O–H groups in total. The van der Waals surface area contributed by atoms with Gasteiger partial charge < -0.3 is 10.2 Å². The number of hydrogen-bond acceptors (Lipinski definition) is 3. The highest BCUT2D eigenvalue weighted by molar-refractivity contribution is 5.53. The number of anilines is 1. The van der Waals surface area contributed by atoms with Gasteiger partial charge in [0.2, 0.25) is 0 Å². The van der Waals surface area contributed by atoms with Crippen LogP contribution in [0.25, 0.3) is 0 Å². The summed E-state index contributed by atoms with van der Waals surface area (Å²) in [7, 11) is 0. The van der Waals surface area contributed by atoms with E-state index < -0.39 is 0 Å². The second-order valence-corrected chi connectivity index (χ2v) is 5.93. The summed E-state index contributed by atoms with van der Waals surface area (Å²) in [5.74, 6) is 0.690. The van der Waals surface area contributed by atoms with Gasteiger partial charge in [-0.2, -0.15) is 0 Å². The normalized spacial score (nSPS) is 19.4. The van der Waals surface area contributed by atoms with Crippen LogP contribution in [0.3, 0.4) is 0 Å². The molecule has 1 saturated heterocycles. The highest BCUT2D eigenvalue weighted by atomic mass is 15.2. The van der Waals surface area contributed by atoms with Gasteiger partial charge in [0.1, 0.15) is 0 Å². The quantitative estimate of drug-likeness (QED) is 0.852. The first kappa shape index (κ1) is 14.3. The molecule has 1 fully saturated rings. The van der Waals surface area contributed by atoms with E-state index in [-0.39, 0.29) is 0 Å². The van der Waals surface area contributed by atoms with Crippen LogP contribution in [-0.4, -0.2) is 24.1 Å². The van der Waals surface area contributed by atoms with E-state index in [9.17, 15) is 0 Å². The summed E-state index contributed by atoms with van der Waals surface area (Å²) in [5.41, 5.74) is 2.72. The van der Waals surface area contributed by atoms with Crippen LogP contribution < -0.4 is 10.2 Å². The summed E-state index contributed by atoms with van der Waals surface area (Å²) in [6.07, 6.45) is 7.83. The summed E-state index contributed by atoms with van der Waals surface area (Å²) < 4.78 is 0. The lowest BCUT2D eigenvalue weighted by Gasteiger charge is -2.28. The Kier molecular flexibility index (Phi) is 5.20. The fraction of sp³-hybridized carbons (Fsp3) is 0.688. The van der Waals surface area contributed by atoms with Crippen LogP contribution in [0, 0.1) is 5.92 Å². The molecule has 0 spiro atoms. The van der Waals surface area contributed by atoms with Gasteiger partial charge in [0.05, 0.1) is 0 Å². The van der Waals surface area contributed by atoms with E-state index in [1.807, 2.05) is 12.4 Å². The third kappa shape index (κ3) is 3.69. The molecule has 1 aliphatic rings. The second kappa shape index (κ2) is 6.90. The van der Waals surface area contributed by atoms with Crippen molar-refractivity contribution in [3.8, 4) is 0 Å². The summed E-state index contributed by atoms with van der Waals surface area (Å²) in [6.45, 7) is 9.95. The van der Waals surface area contributed by atoms with Gasteiger partial charge in [-0.05, 0) is 37.8 Å². The standard InChI is InChI=1S/C16H27N3/c1-4-15-6-5-9-19(15)16-7-8-17-11-14(16)12-18-10-13(2)3/h7-8,11,13,15,18H,4-6,9-10,12H2,1-3H3. The Labute approximate surface area is 117 Å². The molecular formula is C16H27N3. The Balaban J connectivity index is 2.07. The highest BCUT2D eigenvalue weighted by Gasteiger charge is 2.24. The Bertz CT molecular complexity index is 389. The maximum absolute atomic E-state index is 4.30. The maximum atomic E-state index is 4.30. The van der Waals surface area contributed by atoms with E-state index in [4.69, 9.17) is 0 Å². The molecule has 1 aliphatic heterocycles. The van der Waals surface area contributed by atoms with E-state index in [1.165, 1.54) is 37.1 Å². The number of pyridine rings is 1. The number of rotatable bonds is 6. The monoisotopic (exact) mass is 261 g/mol. The predicted molar refractivity (Wildman–Crippen MR) is 81.4 cm³/mol. The van der Waals surface area contributed by atoms with Crippen molar-refractivity contribution in [2.45, 2.75) is 52.6 Å². The highest BCUT2D eigenvalue weighted by Crippen LogP contribution is 2.29. The van der Waals surface area contributed by atoms with E-state index in [0.717, 1.165) is 13.1 Å². The van der Waals surface area contributed by atoms with Crippen LogP contribution in [-0.2, 0) is 6.54 Å². The summed E-state index contributed by atoms with van der Waals surface area (Å²) in [6, 6.07) is 2.90. The summed E-state index contributed by atoms with van der Waals surface area (Å²) >= 11 is 0. The molecule has 0 radical (unpaired) electrons. The van der Waals surface area contributed by atoms with Crippen molar-refractivity contribution in [2.75, 3.05) is 18.0 Å². The van der Waals surface area contributed by atoms with Gasteiger partial charge in [-0.15, -0.1) is 0 Å². The van der Waals surface area contributed by atoms with Crippen molar-refractivity contribution in [2.24, 2.45) is 5.92 Å². The van der Waals surface area contributed by atoms with Crippen LogP contribution in [0.1, 0.15) is 45.6 Å². The summed E-state index contributed by atoms with van der Waals surface area (Å²) in [5, 5.41) is 3.53. The lowest BCUT2D eigenvalue weighted by Crippen LogP contribution is -2.30. The molecule has 1 aromatic rings. The van der Waals surface area contributed by atoms with Crippen molar-refractivity contribution < 1.29 is 0 Å². The minimum absolute atomic E-state index is 0.690. The molecule has 2 heterocycles. The Hall–Kier alpha value is -1.09. The molecule has 106 valence electrons. The van der Waals surface area contributed by atoms with Gasteiger partial charge in [0.15, 0.2) is 0 Å².